The standard InChI is InChI=1S/C83H159NO5/c1-3-5-7-9-11-13-15-17-19-21-23-36-40-43-47-51-55-59-63-67-71-75-81(86)80(79-85)84-82(87)76-72-68-64-60-56-52-48-44-41-37-34-32-30-28-26-24-25-27-29-31-33-35-38-42-46-50-54-58-62-66-70-74-78-89-83(88)77-73-69-65-61-57-53-49-45-39-22-20-18-16-14-12-10-8-6-4-2/h18,20,27,29,71,75,80-81,85-86H,3-17,19,21-26,28,30-70,72-74,76-79H2,1-2H3,(H,84,87)/b20-18-,29-27-,75-71+. The van der Waals surface area contributed by atoms with Crippen molar-refractivity contribution in [2.45, 2.75) is 469 Å². The predicted molar refractivity (Wildman–Crippen MR) is 393 cm³/mol. The Hall–Kier alpha value is -1.92. The zero-order valence-corrected chi connectivity index (χ0v) is 60.4. The molecule has 6 heteroatoms. The molecule has 0 spiro atoms. The molecular formula is C83H159NO5. The smallest absolute Gasteiger partial charge is 0.305 e. The lowest BCUT2D eigenvalue weighted by atomic mass is 10.0. The van der Waals surface area contributed by atoms with Crippen LogP contribution in [0.3, 0.4) is 0 Å². The molecule has 0 aliphatic rings. The van der Waals surface area contributed by atoms with E-state index >= 15 is 0 Å². The van der Waals surface area contributed by atoms with Gasteiger partial charge in [0.05, 0.1) is 25.4 Å². The normalized spacial score (nSPS) is 12.6. The molecule has 0 bridgehead atoms. The zero-order valence-electron chi connectivity index (χ0n) is 60.4. The molecule has 0 radical (unpaired) electrons. The summed E-state index contributed by atoms with van der Waals surface area (Å²) < 4.78 is 5.52. The number of amides is 1. The zero-order chi connectivity index (χ0) is 64.2. The molecular weight excluding hydrogens is 1090 g/mol. The second-order valence-corrected chi connectivity index (χ2v) is 28.1. The van der Waals surface area contributed by atoms with Crippen molar-refractivity contribution >= 4 is 11.9 Å². The largest absolute Gasteiger partial charge is 0.466 e. The van der Waals surface area contributed by atoms with Crippen molar-refractivity contribution in [3.05, 3.63) is 36.5 Å². The lowest BCUT2D eigenvalue weighted by Gasteiger charge is -2.20. The number of carbonyl (C=O) groups excluding carboxylic acids is 2. The van der Waals surface area contributed by atoms with Gasteiger partial charge in [0.15, 0.2) is 0 Å². The van der Waals surface area contributed by atoms with Crippen molar-refractivity contribution in [1.82, 2.24) is 5.32 Å². The number of nitrogens with one attached hydrogen (secondary N) is 1. The highest BCUT2D eigenvalue weighted by molar-refractivity contribution is 5.76. The van der Waals surface area contributed by atoms with Crippen LogP contribution in [-0.2, 0) is 14.3 Å². The summed E-state index contributed by atoms with van der Waals surface area (Å²) in [4.78, 5) is 24.7. The van der Waals surface area contributed by atoms with Crippen molar-refractivity contribution in [3.63, 3.8) is 0 Å². The molecule has 0 fully saturated rings. The first kappa shape index (κ1) is 87.1. The first-order chi connectivity index (χ1) is 44.0. The van der Waals surface area contributed by atoms with Gasteiger partial charge in [0.25, 0.3) is 0 Å². The van der Waals surface area contributed by atoms with E-state index in [4.69, 9.17) is 4.74 Å². The monoisotopic (exact) mass is 1250 g/mol. The van der Waals surface area contributed by atoms with Crippen LogP contribution >= 0.6 is 0 Å². The van der Waals surface area contributed by atoms with Crippen LogP contribution in [0.25, 0.3) is 0 Å². The number of ether oxygens (including phenoxy) is 1. The molecule has 0 saturated heterocycles. The molecule has 0 saturated carbocycles. The Morgan fingerprint density at radius 2 is 0.528 bits per heavy atom. The van der Waals surface area contributed by atoms with Crippen LogP contribution < -0.4 is 5.32 Å². The average Bonchev–Trinajstić information content (AvgIpc) is 3.60. The number of esters is 1. The van der Waals surface area contributed by atoms with Crippen LogP contribution in [0, 0.1) is 0 Å². The third kappa shape index (κ3) is 75.0. The lowest BCUT2D eigenvalue weighted by Crippen LogP contribution is -2.45. The number of aliphatic hydroxyl groups is 2. The molecule has 6 nitrogen and oxygen atoms in total. The van der Waals surface area contributed by atoms with Crippen LogP contribution in [0.15, 0.2) is 36.5 Å². The number of hydrogen-bond donors (Lipinski definition) is 3. The number of hydrogen-bond acceptors (Lipinski definition) is 5. The quantitative estimate of drug-likeness (QED) is 0.0320. The number of rotatable bonds is 77. The average molecular weight is 1250 g/mol. The van der Waals surface area contributed by atoms with Gasteiger partial charge in [-0.15, -0.1) is 0 Å². The topological polar surface area (TPSA) is 95.9 Å². The maximum atomic E-state index is 12.5. The number of aliphatic hydroxyl groups excluding tert-OH is 2. The Balaban J connectivity index is 3.37. The summed E-state index contributed by atoms with van der Waals surface area (Å²) >= 11 is 0. The molecule has 0 aromatic rings. The number of carbonyl (C=O) groups is 2. The summed E-state index contributed by atoms with van der Waals surface area (Å²) in [5, 5.41) is 23.3. The van der Waals surface area contributed by atoms with Crippen LogP contribution in [0.5, 0.6) is 0 Å². The third-order valence-electron chi connectivity index (χ3n) is 19.1. The van der Waals surface area contributed by atoms with Crippen LogP contribution in [0.4, 0.5) is 0 Å². The van der Waals surface area contributed by atoms with Gasteiger partial charge in [0.1, 0.15) is 0 Å². The summed E-state index contributed by atoms with van der Waals surface area (Å²) in [6, 6.07) is -0.627. The second-order valence-electron chi connectivity index (χ2n) is 28.1. The van der Waals surface area contributed by atoms with Gasteiger partial charge in [-0.2, -0.15) is 0 Å². The van der Waals surface area contributed by atoms with Gasteiger partial charge in [0.2, 0.25) is 5.91 Å². The molecule has 2 unspecified atom stereocenters. The summed E-state index contributed by atoms with van der Waals surface area (Å²) in [5.41, 5.74) is 0. The lowest BCUT2D eigenvalue weighted by molar-refractivity contribution is -0.143. The van der Waals surface area contributed by atoms with Gasteiger partial charge in [-0.3, -0.25) is 9.59 Å². The molecule has 526 valence electrons. The molecule has 0 aromatic carbocycles. The van der Waals surface area contributed by atoms with E-state index in [1.54, 1.807) is 6.08 Å². The van der Waals surface area contributed by atoms with E-state index in [0.717, 1.165) is 38.5 Å². The second kappa shape index (κ2) is 78.5. The summed E-state index contributed by atoms with van der Waals surface area (Å²) in [6.45, 7) is 4.95. The molecule has 2 atom stereocenters. The summed E-state index contributed by atoms with van der Waals surface area (Å²) in [6.07, 6.45) is 103. The van der Waals surface area contributed by atoms with Crippen molar-refractivity contribution < 1.29 is 24.5 Å². The fourth-order valence-electron chi connectivity index (χ4n) is 12.9. The predicted octanol–water partition coefficient (Wildman–Crippen LogP) is 27.0. The fourth-order valence-corrected chi connectivity index (χ4v) is 12.9. The SMILES string of the molecule is CCCCCCCC/C=C\CCCCCCCCCCCC(=O)OCCCCCCCCCCCCCC/C=C\CCCCCCCCCCCCCCCCCCC(=O)NC(CO)C(O)/C=C/CCCCCCCCCCCCCCCCCCCCC. The Labute approximate surface area is 557 Å². The molecule has 0 aliphatic carbocycles. The Kier molecular flexibility index (Phi) is 76.8. The van der Waals surface area contributed by atoms with Gasteiger partial charge in [-0.1, -0.05) is 397 Å². The fraction of sp³-hybridized carbons (Fsp3) is 0.904. The third-order valence-corrected chi connectivity index (χ3v) is 19.1. The van der Waals surface area contributed by atoms with E-state index in [1.807, 2.05) is 6.08 Å². The highest BCUT2D eigenvalue weighted by atomic mass is 16.5. The molecule has 0 aliphatic heterocycles. The Morgan fingerprint density at radius 3 is 0.798 bits per heavy atom. The minimum Gasteiger partial charge on any atom is -0.466 e. The Morgan fingerprint density at radius 1 is 0.303 bits per heavy atom. The molecule has 1 amide bonds. The maximum absolute atomic E-state index is 12.5. The van der Waals surface area contributed by atoms with E-state index in [1.165, 1.54) is 392 Å². The number of allylic oxidation sites excluding steroid dienone is 5. The highest BCUT2D eigenvalue weighted by Crippen LogP contribution is 2.20. The first-order valence-electron chi connectivity index (χ1n) is 40.8. The van der Waals surface area contributed by atoms with E-state index in [2.05, 4.69) is 43.5 Å². The van der Waals surface area contributed by atoms with Gasteiger partial charge in [-0.05, 0) is 83.5 Å². The molecule has 0 rings (SSSR count). The van der Waals surface area contributed by atoms with Gasteiger partial charge >= 0.3 is 5.97 Å². The maximum Gasteiger partial charge on any atom is 0.305 e. The highest BCUT2D eigenvalue weighted by Gasteiger charge is 2.18. The molecule has 89 heavy (non-hydrogen) atoms. The van der Waals surface area contributed by atoms with Crippen LogP contribution in [0.2, 0.25) is 0 Å². The number of unbranched alkanes of at least 4 members (excludes halogenated alkanes) is 62. The van der Waals surface area contributed by atoms with Gasteiger partial charge in [0, 0.05) is 12.8 Å². The summed E-state index contributed by atoms with van der Waals surface area (Å²) in [5.74, 6) is -0.0424. The van der Waals surface area contributed by atoms with Crippen molar-refractivity contribution in [3.8, 4) is 0 Å². The van der Waals surface area contributed by atoms with Gasteiger partial charge in [-0.25, -0.2) is 0 Å². The van der Waals surface area contributed by atoms with Crippen LogP contribution in [0.1, 0.15) is 457 Å². The van der Waals surface area contributed by atoms with Crippen LogP contribution in [-0.4, -0.2) is 47.4 Å². The first-order valence-corrected chi connectivity index (χ1v) is 40.8. The van der Waals surface area contributed by atoms with E-state index in [9.17, 15) is 19.8 Å². The molecule has 0 heterocycles. The van der Waals surface area contributed by atoms with E-state index in [-0.39, 0.29) is 18.5 Å². The molecule has 0 aromatic heterocycles. The molecule has 3 N–H and O–H groups in total. The van der Waals surface area contributed by atoms with Crippen molar-refractivity contribution in [2.24, 2.45) is 0 Å². The van der Waals surface area contributed by atoms with E-state index in [0.29, 0.717) is 19.4 Å². The summed E-state index contributed by atoms with van der Waals surface area (Å²) in [7, 11) is 0. The van der Waals surface area contributed by atoms with Crippen molar-refractivity contribution in [1.29, 1.82) is 0 Å². The Bertz CT molecular complexity index is 1440. The minimum atomic E-state index is -0.844. The van der Waals surface area contributed by atoms with E-state index < -0.39 is 12.1 Å². The minimum absolute atomic E-state index is 0.0184. The van der Waals surface area contributed by atoms with Crippen molar-refractivity contribution in [2.75, 3.05) is 13.2 Å². The van der Waals surface area contributed by atoms with Gasteiger partial charge < -0.3 is 20.3 Å².